The van der Waals surface area contributed by atoms with Crippen LogP contribution in [0.3, 0.4) is 0 Å². The van der Waals surface area contributed by atoms with Gasteiger partial charge in [0.25, 0.3) is 0 Å². The Morgan fingerprint density at radius 1 is 1.33 bits per heavy atom. The number of nitrogens with zero attached hydrogens (tertiary/aromatic N) is 2. The molecule has 1 heterocycles. The van der Waals surface area contributed by atoms with E-state index in [0.29, 0.717) is 11.6 Å². The van der Waals surface area contributed by atoms with Crippen molar-refractivity contribution in [1.82, 2.24) is 9.97 Å². The van der Waals surface area contributed by atoms with E-state index >= 15 is 0 Å². The zero-order valence-corrected chi connectivity index (χ0v) is 12.1. The Kier molecular flexibility index (Phi) is 6.36. The largest absolute Gasteiger partial charge is 0.396 e. The van der Waals surface area contributed by atoms with Crippen LogP contribution in [0.5, 0.6) is 0 Å². The molecule has 0 aliphatic rings. The van der Waals surface area contributed by atoms with Crippen molar-refractivity contribution in [1.29, 1.82) is 0 Å². The van der Waals surface area contributed by atoms with Gasteiger partial charge in [-0.05, 0) is 26.2 Å². The average molecular weight is 272 g/mol. The number of aliphatic hydroxyl groups excluding tert-OH is 1. The fraction of sp³-hybridized carbons (Fsp3) is 0.692. The number of nitrogens with one attached hydrogen (secondary N) is 1. The Morgan fingerprint density at radius 3 is 2.61 bits per heavy atom. The number of halogens is 1. The minimum atomic E-state index is 0.172. The maximum atomic E-state index is 9.01. The molecule has 1 aromatic rings. The topological polar surface area (TPSA) is 58.0 Å². The van der Waals surface area contributed by atoms with Gasteiger partial charge in [0, 0.05) is 24.6 Å². The van der Waals surface area contributed by atoms with Crippen LogP contribution in [0.15, 0.2) is 0 Å². The average Bonchev–Trinajstić information content (AvgIpc) is 2.35. The summed E-state index contributed by atoms with van der Waals surface area (Å²) in [5.74, 6) is 1.56. The first-order chi connectivity index (χ1) is 8.62. The van der Waals surface area contributed by atoms with Gasteiger partial charge in [0.2, 0.25) is 0 Å². The number of aryl methyl sites for hydroxylation is 1. The summed E-state index contributed by atoms with van der Waals surface area (Å²) in [4.78, 5) is 8.77. The molecule has 0 radical (unpaired) electrons. The first-order valence-corrected chi connectivity index (χ1v) is 6.90. The van der Waals surface area contributed by atoms with Gasteiger partial charge in [0.05, 0.1) is 0 Å². The molecule has 0 saturated heterocycles. The third-order valence-corrected chi connectivity index (χ3v) is 3.29. The second-order valence-electron chi connectivity index (χ2n) is 4.42. The molecule has 18 heavy (non-hydrogen) atoms. The summed E-state index contributed by atoms with van der Waals surface area (Å²) in [7, 11) is 0. The Labute approximate surface area is 114 Å². The molecule has 0 amide bonds. The van der Waals surface area contributed by atoms with E-state index in [1.54, 1.807) is 0 Å². The molecule has 0 aliphatic carbocycles. The molecule has 0 aliphatic heterocycles. The Bertz CT molecular complexity index is 385. The molecule has 4 nitrogen and oxygen atoms in total. The summed E-state index contributed by atoms with van der Waals surface area (Å²) >= 11 is 6.12. The van der Waals surface area contributed by atoms with Crippen molar-refractivity contribution in [3.63, 3.8) is 0 Å². The van der Waals surface area contributed by atoms with Crippen molar-refractivity contribution in [2.24, 2.45) is 0 Å². The highest BCUT2D eigenvalue weighted by molar-refractivity contribution is 6.30. The van der Waals surface area contributed by atoms with E-state index in [2.05, 4.69) is 29.1 Å². The molecule has 102 valence electrons. The lowest BCUT2D eigenvalue weighted by Crippen LogP contribution is -2.22. The van der Waals surface area contributed by atoms with Crippen LogP contribution in [0.25, 0.3) is 0 Å². The molecule has 1 rings (SSSR count). The van der Waals surface area contributed by atoms with Gasteiger partial charge in [-0.3, -0.25) is 0 Å². The van der Waals surface area contributed by atoms with Gasteiger partial charge in [-0.1, -0.05) is 25.4 Å². The highest BCUT2D eigenvalue weighted by Gasteiger charge is 2.12. The summed E-state index contributed by atoms with van der Waals surface area (Å²) in [5.41, 5.74) is 0.868. The van der Waals surface area contributed by atoms with Gasteiger partial charge < -0.3 is 10.4 Å². The first-order valence-electron chi connectivity index (χ1n) is 6.52. The fourth-order valence-corrected chi connectivity index (χ4v) is 1.92. The lowest BCUT2D eigenvalue weighted by Gasteiger charge is -2.18. The number of hydrogen-bond acceptors (Lipinski definition) is 4. The van der Waals surface area contributed by atoms with Gasteiger partial charge in [-0.15, -0.1) is 0 Å². The fourth-order valence-electron chi connectivity index (χ4n) is 1.74. The maximum Gasteiger partial charge on any atom is 0.137 e. The number of hydrogen-bond donors (Lipinski definition) is 2. The van der Waals surface area contributed by atoms with Crippen LogP contribution in [0.2, 0.25) is 5.15 Å². The monoisotopic (exact) mass is 271 g/mol. The summed E-state index contributed by atoms with van der Waals surface area (Å²) < 4.78 is 0. The van der Waals surface area contributed by atoms with Crippen LogP contribution in [0, 0.1) is 6.92 Å². The molecular weight excluding hydrogens is 250 g/mol. The lowest BCUT2D eigenvalue weighted by molar-refractivity contribution is 0.278. The van der Waals surface area contributed by atoms with Crippen LogP contribution < -0.4 is 5.32 Å². The van der Waals surface area contributed by atoms with Gasteiger partial charge >= 0.3 is 0 Å². The second-order valence-corrected chi connectivity index (χ2v) is 4.77. The Morgan fingerprint density at radius 2 is 2.06 bits per heavy atom. The van der Waals surface area contributed by atoms with Gasteiger partial charge in [0.1, 0.15) is 16.8 Å². The molecule has 0 bridgehead atoms. The number of aromatic nitrogens is 2. The lowest BCUT2D eigenvalue weighted by atomic mass is 10.1. The molecule has 0 fully saturated rings. The summed E-state index contributed by atoms with van der Waals surface area (Å²) in [6.45, 7) is 6.25. The molecule has 2 N–H and O–H groups in total. The van der Waals surface area contributed by atoms with Crippen molar-refractivity contribution >= 4 is 17.4 Å². The van der Waals surface area contributed by atoms with E-state index in [1.165, 1.54) is 0 Å². The SMILES string of the molecule is CCCc1nc(Cl)c(C)c(NC(CC)CCO)n1. The van der Waals surface area contributed by atoms with Crippen LogP contribution in [0.1, 0.15) is 44.5 Å². The number of aliphatic hydroxyl groups is 1. The molecule has 0 aromatic carbocycles. The molecule has 0 saturated carbocycles. The van der Waals surface area contributed by atoms with E-state index < -0.39 is 0 Å². The molecule has 1 atom stereocenters. The standard InChI is InChI=1S/C13H22ClN3O/c1-4-6-11-16-12(14)9(3)13(17-11)15-10(5-2)7-8-18/h10,18H,4-8H2,1-3H3,(H,15,16,17). The third kappa shape index (κ3) is 4.10. The number of anilines is 1. The quantitative estimate of drug-likeness (QED) is 0.749. The van der Waals surface area contributed by atoms with Crippen LogP contribution in [-0.2, 0) is 6.42 Å². The second kappa shape index (κ2) is 7.54. The van der Waals surface area contributed by atoms with Crippen LogP contribution in [0.4, 0.5) is 5.82 Å². The van der Waals surface area contributed by atoms with Gasteiger partial charge in [0.15, 0.2) is 0 Å². The highest BCUT2D eigenvalue weighted by atomic mass is 35.5. The molecule has 0 spiro atoms. The maximum absolute atomic E-state index is 9.01. The minimum Gasteiger partial charge on any atom is -0.396 e. The molecular formula is C13H22ClN3O. The minimum absolute atomic E-state index is 0.172. The zero-order chi connectivity index (χ0) is 13.5. The Hall–Kier alpha value is -0.870. The Balaban J connectivity index is 2.91. The summed E-state index contributed by atoms with van der Waals surface area (Å²) in [6, 6.07) is 0.217. The smallest absolute Gasteiger partial charge is 0.137 e. The van der Waals surface area contributed by atoms with Gasteiger partial charge in [-0.25, -0.2) is 9.97 Å². The zero-order valence-electron chi connectivity index (χ0n) is 11.3. The third-order valence-electron chi connectivity index (χ3n) is 2.92. The van der Waals surface area contributed by atoms with Crippen LogP contribution in [-0.4, -0.2) is 27.7 Å². The van der Waals surface area contributed by atoms with E-state index in [1.807, 2.05) is 6.92 Å². The molecule has 1 aromatic heterocycles. The molecule has 5 heteroatoms. The van der Waals surface area contributed by atoms with Crippen molar-refractivity contribution in [2.45, 2.75) is 52.5 Å². The van der Waals surface area contributed by atoms with E-state index in [9.17, 15) is 0 Å². The van der Waals surface area contributed by atoms with E-state index in [0.717, 1.165) is 36.5 Å². The van der Waals surface area contributed by atoms with Crippen molar-refractivity contribution in [3.8, 4) is 0 Å². The predicted octanol–water partition coefficient (Wildman–Crippen LogP) is 2.96. The van der Waals surface area contributed by atoms with E-state index in [4.69, 9.17) is 16.7 Å². The van der Waals surface area contributed by atoms with Crippen molar-refractivity contribution < 1.29 is 5.11 Å². The highest BCUT2D eigenvalue weighted by Crippen LogP contribution is 2.22. The van der Waals surface area contributed by atoms with Crippen molar-refractivity contribution in [2.75, 3.05) is 11.9 Å². The summed E-state index contributed by atoms with van der Waals surface area (Å²) in [5, 5.41) is 12.9. The normalized spacial score (nSPS) is 12.5. The summed E-state index contributed by atoms with van der Waals surface area (Å²) in [6.07, 6.45) is 3.46. The van der Waals surface area contributed by atoms with Gasteiger partial charge in [-0.2, -0.15) is 0 Å². The number of rotatable bonds is 7. The first kappa shape index (κ1) is 15.2. The van der Waals surface area contributed by atoms with Crippen LogP contribution >= 0.6 is 11.6 Å². The molecule has 1 unspecified atom stereocenters. The predicted molar refractivity (Wildman–Crippen MR) is 75.2 cm³/mol. The van der Waals surface area contributed by atoms with E-state index in [-0.39, 0.29) is 12.6 Å². The van der Waals surface area contributed by atoms with Crippen molar-refractivity contribution in [3.05, 3.63) is 16.5 Å².